The van der Waals surface area contributed by atoms with Crippen molar-refractivity contribution in [3.05, 3.63) is 34.9 Å². The second-order valence-corrected chi connectivity index (χ2v) is 4.59. The number of nitrogens with one attached hydrogen (secondary N) is 1. The lowest BCUT2D eigenvalue weighted by molar-refractivity contribution is -0.119. The molecule has 18 heavy (non-hydrogen) atoms. The van der Waals surface area contributed by atoms with Crippen LogP contribution < -0.4 is 11.1 Å². The van der Waals surface area contributed by atoms with Gasteiger partial charge in [-0.3, -0.25) is 4.79 Å². The van der Waals surface area contributed by atoms with E-state index in [0.29, 0.717) is 6.54 Å². The largest absolute Gasteiger partial charge is 0.370 e. The van der Waals surface area contributed by atoms with Crippen molar-refractivity contribution in [2.24, 2.45) is 5.73 Å². The number of hydrogen-bond donors (Lipinski definition) is 2. The van der Waals surface area contributed by atoms with E-state index in [0.717, 1.165) is 12.1 Å². The molecule has 100 valence electrons. The molecule has 0 radical (unpaired) electrons. The van der Waals surface area contributed by atoms with Crippen LogP contribution in [0.3, 0.4) is 0 Å². The molecule has 1 rings (SSSR count). The van der Waals surface area contributed by atoms with Crippen molar-refractivity contribution in [3.63, 3.8) is 0 Å². The highest BCUT2D eigenvalue weighted by Crippen LogP contribution is 2.28. The van der Waals surface area contributed by atoms with Crippen molar-refractivity contribution in [1.82, 2.24) is 5.32 Å². The third kappa shape index (κ3) is 3.04. The molecule has 1 aromatic carbocycles. The molecule has 5 heteroatoms. The van der Waals surface area contributed by atoms with Crippen LogP contribution in [0.15, 0.2) is 12.1 Å². The minimum absolute atomic E-state index is 0.0970. The van der Waals surface area contributed by atoms with Gasteiger partial charge in [0, 0.05) is 12.0 Å². The predicted octanol–water partition coefficient (Wildman–Crippen LogP) is 1.97. The fourth-order valence-electron chi connectivity index (χ4n) is 2.06. The van der Waals surface area contributed by atoms with Crippen LogP contribution in [0.2, 0.25) is 0 Å². The molecule has 0 aliphatic carbocycles. The highest BCUT2D eigenvalue weighted by molar-refractivity contribution is 5.75. The maximum absolute atomic E-state index is 13.9. The number of benzene rings is 1. The van der Waals surface area contributed by atoms with Crippen molar-refractivity contribution in [2.75, 3.05) is 6.54 Å². The molecule has 1 amide bonds. The Morgan fingerprint density at radius 1 is 1.39 bits per heavy atom. The van der Waals surface area contributed by atoms with Crippen LogP contribution in [0.4, 0.5) is 8.78 Å². The second-order valence-electron chi connectivity index (χ2n) is 4.59. The molecule has 1 atom stereocenters. The van der Waals surface area contributed by atoms with Gasteiger partial charge in [0.1, 0.15) is 11.6 Å². The average molecular weight is 256 g/mol. The summed E-state index contributed by atoms with van der Waals surface area (Å²) in [6.45, 7) is 5.45. The SMILES string of the molecule is CCNC(C)(CC(N)=O)c1cc(F)c(C)cc1F. The Balaban J connectivity index is 3.28. The average Bonchev–Trinajstić information content (AvgIpc) is 2.22. The Kier molecular flexibility index (Phi) is 4.40. The van der Waals surface area contributed by atoms with Crippen LogP contribution >= 0.6 is 0 Å². The van der Waals surface area contributed by atoms with Gasteiger partial charge in [0.25, 0.3) is 0 Å². The van der Waals surface area contributed by atoms with Crippen molar-refractivity contribution in [3.8, 4) is 0 Å². The van der Waals surface area contributed by atoms with Crippen molar-refractivity contribution in [1.29, 1.82) is 0 Å². The van der Waals surface area contributed by atoms with Crippen molar-refractivity contribution in [2.45, 2.75) is 32.7 Å². The molecular formula is C13H18F2N2O. The van der Waals surface area contributed by atoms with Crippen LogP contribution in [-0.2, 0) is 10.3 Å². The van der Waals surface area contributed by atoms with E-state index in [4.69, 9.17) is 5.73 Å². The molecule has 0 aliphatic rings. The van der Waals surface area contributed by atoms with Gasteiger partial charge in [0.05, 0.1) is 5.54 Å². The summed E-state index contributed by atoms with van der Waals surface area (Å²) in [5.41, 5.74) is 4.52. The number of halogens is 2. The van der Waals surface area contributed by atoms with Gasteiger partial charge in [-0.05, 0) is 38.1 Å². The lowest BCUT2D eigenvalue weighted by Crippen LogP contribution is -2.43. The number of carbonyl (C=O) groups is 1. The van der Waals surface area contributed by atoms with Crippen molar-refractivity contribution < 1.29 is 13.6 Å². The molecule has 0 aliphatic heterocycles. The summed E-state index contributed by atoms with van der Waals surface area (Å²) >= 11 is 0. The smallest absolute Gasteiger partial charge is 0.219 e. The fourth-order valence-corrected chi connectivity index (χ4v) is 2.06. The molecule has 0 spiro atoms. The van der Waals surface area contributed by atoms with E-state index in [1.165, 1.54) is 6.92 Å². The van der Waals surface area contributed by atoms with Crippen LogP contribution in [-0.4, -0.2) is 12.5 Å². The number of nitrogens with two attached hydrogens (primary N) is 1. The normalized spacial score (nSPS) is 14.3. The van der Waals surface area contributed by atoms with Crippen LogP contribution in [0.5, 0.6) is 0 Å². The first-order valence-corrected chi connectivity index (χ1v) is 5.79. The standard InChI is InChI=1S/C13H18F2N2O/c1-4-17-13(3,7-12(16)18)9-6-10(14)8(2)5-11(9)15/h5-6,17H,4,7H2,1-3H3,(H2,16,18). The Morgan fingerprint density at radius 2 is 2.00 bits per heavy atom. The number of aryl methyl sites for hydroxylation is 1. The fraction of sp³-hybridized carbons (Fsp3) is 0.462. The molecule has 0 bridgehead atoms. The molecular weight excluding hydrogens is 238 g/mol. The molecule has 1 unspecified atom stereocenters. The summed E-state index contributed by atoms with van der Waals surface area (Å²) in [5.74, 6) is -1.61. The van der Waals surface area contributed by atoms with Gasteiger partial charge < -0.3 is 11.1 Å². The zero-order valence-electron chi connectivity index (χ0n) is 10.8. The van der Waals surface area contributed by atoms with E-state index in [-0.39, 0.29) is 17.5 Å². The number of primary amides is 1. The summed E-state index contributed by atoms with van der Waals surface area (Å²) in [6, 6.07) is 2.25. The summed E-state index contributed by atoms with van der Waals surface area (Å²) in [4.78, 5) is 11.1. The van der Waals surface area contributed by atoms with Crippen molar-refractivity contribution >= 4 is 5.91 Å². The number of rotatable bonds is 5. The molecule has 3 nitrogen and oxygen atoms in total. The molecule has 0 heterocycles. The third-order valence-electron chi connectivity index (χ3n) is 2.94. The zero-order chi connectivity index (χ0) is 13.9. The minimum atomic E-state index is -1.00. The van der Waals surface area contributed by atoms with E-state index in [1.54, 1.807) is 6.92 Å². The number of amides is 1. The maximum Gasteiger partial charge on any atom is 0.219 e. The molecule has 0 aromatic heterocycles. The van der Waals surface area contributed by atoms with Gasteiger partial charge >= 0.3 is 0 Å². The van der Waals surface area contributed by atoms with E-state index in [2.05, 4.69) is 5.32 Å². The van der Waals surface area contributed by atoms with Crippen LogP contribution in [0.25, 0.3) is 0 Å². The first-order chi connectivity index (χ1) is 8.30. The topological polar surface area (TPSA) is 55.1 Å². The monoisotopic (exact) mass is 256 g/mol. The lowest BCUT2D eigenvalue weighted by Gasteiger charge is -2.30. The van der Waals surface area contributed by atoms with Crippen LogP contribution in [0.1, 0.15) is 31.4 Å². The highest BCUT2D eigenvalue weighted by Gasteiger charge is 2.31. The van der Waals surface area contributed by atoms with Crippen LogP contribution in [0, 0.1) is 18.6 Å². The van der Waals surface area contributed by atoms with Gasteiger partial charge in [-0.15, -0.1) is 0 Å². The quantitative estimate of drug-likeness (QED) is 0.846. The van der Waals surface area contributed by atoms with E-state index in [9.17, 15) is 13.6 Å². The molecule has 0 fully saturated rings. The van der Waals surface area contributed by atoms with Gasteiger partial charge in [-0.25, -0.2) is 8.78 Å². The Morgan fingerprint density at radius 3 is 2.50 bits per heavy atom. The Labute approximate surface area is 105 Å². The summed E-state index contributed by atoms with van der Waals surface area (Å²) in [5, 5.41) is 2.99. The summed E-state index contributed by atoms with van der Waals surface area (Å²) in [6.07, 6.45) is -0.0970. The molecule has 3 N–H and O–H groups in total. The van der Waals surface area contributed by atoms with E-state index >= 15 is 0 Å². The first-order valence-electron chi connectivity index (χ1n) is 5.79. The maximum atomic E-state index is 13.9. The molecule has 0 saturated carbocycles. The third-order valence-corrected chi connectivity index (χ3v) is 2.94. The summed E-state index contributed by atoms with van der Waals surface area (Å²) < 4.78 is 27.5. The first kappa shape index (κ1) is 14.6. The van der Waals surface area contributed by atoms with Gasteiger partial charge in [-0.2, -0.15) is 0 Å². The highest BCUT2D eigenvalue weighted by atomic mass is 19.1. The predicted molar refractivity (Wildman–Crippen MR) is 65.9 cm³/mol. The van der Waals surface area contributed by atoms with E-state index < -0.39 is 23.1 Å². The second kappa shape index (κ2) is 5.44. The molecule has 1 aromatic rings. The van der Waals surface area contributed by atoms with E-state index in [1.807, 2.05) is 6.92 Å². The Bertz CT molecular complexity index is 463. The lowest BCUT2D eigenvalue weighted by atomic mass is 9.87. The Hall–Kier alpha value is -1.49. The summed E-state index contributed by atoms with van der Waals surface area (Å²) in [7, 11) is 0. The zero-order valence-corrected chi connectivity index (χ0v) is 10.8. The van der Waals surface area contributed by atoms with Gasteiger partial charge in [0.15, 0.2) is 0 Å². The number of hydrogen-bond acceptors (Lipinski definition) is 2. The molecule has 0 saturated heterocycles. The number of carbonyl (C=O) groups excluding carboxylic acids is 1. The van der Waals surface area contributed by atoms with Gasteiger partial charge in [-0.1, -0.05) is 6.92 Å². The minimum Gasteiger partial charge on any atom is -0.370 e. The van der Waals surface area contributed by atoms with Gasteiger partial charge in [0.2, 0.25) is 5.91 Å².